The van der Waals surface area contributed by atoms with E-state index in [-0.39, 0.29) is 19.3 Å². The first-order valence-electron chi connectivity index (χ1n) is 9.21. The van der Waals surface area contributed by atoms with Crippen molar-refractivity contribution in [3.8, 4) is 0 Å². The molecule has 0 saturated carbocycles. The van der Waals surface area contributed by atoms with Crippen LogP contribution in [0.1, 0.15) is 42.2 Å². The monoisotopic (exact) mass is 385 g/mol. The van der Waals surface area contributed by atoms with Crippen LogP contribution in [0.2, 0.25) is 0 Å². The summed E-state index contributed by atoms with van der Waals surface area (Å²) >= 11 is 0. The smallest absolute Gasteiger partial charge is 0.339 e. The predicted octanol–water partition coefficient (Wildman–Crippen LogP) is 3.38. The molecule has 0 radical (unpaired) electrons. The highest BCUT2D eigenvalue weighted by Crippen LogP contribution is 2.31. The number of amides is 1. The summed E-state index contributed by atoms with van der Waals surface area (Å²) in [7, 11) is 0. The van der Waals surface area contributed by atoms with Crippen LogP contribution in [-0.2, 0) is 16.0 Å². The van der Waals surface area contributed by atoms with Gasteiger partial charge in [0.1, 0.15) is 23.0 Å². The zero-order valence-electron chi connectivity index (χ0n) is 16.3. The lowest BCUT2D eigenvalue weighted by atomic mass is 10.00. The quantitative estimate of drug-likeness (QED) is 0.630. The van der Waals surface area contributed by atoms with Crippen LogP contribution in [0.15, 0.2) is 25.8 Å². The number of rotatable bonds is 6. The van der Waals surface area contributed by atoms with Gasteiger partial charge in [-0.25, -0.2) is 9.59 Å². The molecule has 2 N–H and O–H groups in total. The van der Waals surface area contributed by atoms with Crippen molar-refractivity contribution in [3.05, 3.63) is 45.0 Å². The number of carboxylic acids is 1. The number of carboxylic acid groups (broad SMARTS) is 1. The third-order valence-electron chi connectivity index (χ3n) is 5.23. The second-order valence-electron chi connectivity index (χ2n) is 6.99. The minimum atomic E-state index is -1.08. The molecule has 0 unspecified atom stereocenters. The van der Waals surface area contributed by atoms with Crippen LogP contribution >= 0.6 is 0 Å². The molecule has 0 fully saturated rings. The van der Waals surface area contributed by atoms with Gasteiger partial charge in [-0.1, -0.05) is 6.92 Å². The highest BCUT2D eigenvalue weighted by molar-refractivity contribution is 5.96. The minimum Gasteiger partial charge on any atom is -0.480 e. The Hall–Kier alpha value is -3.09. The van der Waals surface area contributed by atoms with Gasteiger partial charge in [-0.3, -0.25) is 4.79 Å². The third-order valence-corrected chi connectivity index (χ3v) is 5.23. The van der Waals surface area contributed by atoms with Crippen molar-refractivity contribution in [2.45, 2.75) is 53.0 Å². The van der Waals surface area contributed by atoms with Gasteiger partial charge in [-0.15, -0.1) is 0 Å². The molecule has 0 bridgehead atoms. The zero-order valence-corrected chi connectivity index (χ0v) is 16.3. The standard InChI is InChI=1S/C21H23NO6/c1-5-16(20(24)25)22-19(23)7-6-13-11(3)15-8-14-10(2)12(4)27-17(14)9-18(15)28-21(13)26/h8-9,16H,5-7H2,1-4H3,(H,22,23)(H,24,25)/t16-/m0/s1. The van der Waals surface area contributed by atoms with Gasteiger partial charge in [0, 0.05) is 28.8 Å². The number of furan rings is 1. The number of aryl methyl sites for hydroxylation is 3. The maximum Gasteiger partial charge on any atom is 0.339 e. The van der Waals surface area contributed by atoms with E-state index in [0.29, 0.717) is 16.7 Å². The number of aliphatic carboxylic acids is 1. The molecule has 7 nitrogen and oxygen atoms in total. The zero-order chi connectivity index (χ0) is 20.6. The molecule has 2 heterocycles. The van der Waals surface area contributed by atoms with Crippen molar-refractivity contribution >= 4 is 33.8 Å². The molecule has 1 atom stereocenters. The molecule has 1 amide bonds. The molecule has 148 valence electrons. The van der Waals surface area contributed by atoms with Gasteiger partial charge in [-0.05, 0) is 50.8 Å². The average molecular weight is 385 g/mol. The number of fused-ring (bicyclic) bond motifs is 2. The Balaban J connectivity index is 1.92. The van der Waals surface area contributed by atoms with Crippen molar-refractivity contribution in [2.75, 3.05) is 0 Å². The lowest BCUT2D eigenvalue weighted by Crippen LogP contribution is -2.40. The molecule has 3 rings (SSSR count). The minimum absolute atomic E-state index is 0.00692. The van der Waals surface area contributed by atoms with Gasteiger partial charge < -0.3 is 19.3 Å². The molecule has 1 aromatic carbocycles. The van der Waals surface area contributed by atoms with Crippen molar-refractivity contribution < 1.29 is 23.5 Å². The van der Waals surface area contributed by atoms with E-state index in [1.165, 1.54) is 0 Å². The molecular weight excluding hydrogens is 362 g/mol. The molecule has 28 heavy (non-hydrogen) atoms. The molecule has 0 spiro atoms. The van der Waals surface area contributed by atoms with E-state index >= 15 is 0 Å². The Kier molecular flexibility index (Phi) is 5.27. The number of benzene rings is 1. The second-order valence-corrected chi connectivity index (χ2v) is 6.99. The summed E-state index contributed by atoms with van der Waals surface area (Å²) in [5.41, 5.74) is 2.81. The summed E-state index contributed by atoms with van der Waals surface area (Å²) < 4.78 is 11.2. The fraction of sp³-hybridized carbons (Fsp3) is 0.381. The van der Waals surface area contributed by atoms with E-state index in [1.807, 2.05) is 26.8 Å². The molecule has 3 aromatic rings. The largest absolute Gasteiger partial charge is 0.480 e. The van der Waals surface area contributed by atoms with E-state index in [2.05, 4.69) is 5.32 Å². The van der Waals surface area contributed by atoms with Crippen LogP contribution in [0.3, 0.4) is 0 Å². The summed E-state index contributed by atoms with van der Waals surface area (Å²) in [5.74, 6) is -0.678. The molecule has 0 aliphatic rings. The average Bonchev–Trinajstić information content (AvgIpc) is 2.91. The Morgan fingerprint density at radius 3 is 2.36 bits per heavy atom. The Bertz CT molecular complexity index is 1140. The summed E-state index contributed by atoms with van der Waals surface area (Å²) in [5, 5.41) is 13.3. The van der Waals surface area contributed by atoms with Gasteiger partial charge in [0.2, 0.25) is 5.91 Å². The predicted molar refractivity (Wildman–Crippen MR) is 105 cm³/mol. The summed E-state index contributed by atoms with van der Waals surface area (Å²) in [6.07, 6.45) is 0.470. The maximum absolute atomic E-state index is 12.4. The Morgan fingerprint density at radius 1 is 1.07 bits per heavy atom. The number of nitrogens with one attached hydrogen (secondary N) is 1. The van der Waals surface area contributed by atoms with Crippen LogP contribution < -0.4 is 10.9 Å². The lowest BCUT2D eigenvalue weighted by molar-refractivity contribution is -0.141. The molecule has 0 aliphatic heterocycles. The number of carbonyl (C=O) groups excluding carboxylic acids is 1. The van der Waals surface area contributed by atoms with Crippen LogP contribution in [0.4, 0.5) is 0 Å². The van der Waals surface area contributed by atoms with Gasteiger partial charge in [0.25, 0.3) is 0 Å². The van der Waals surface area contributed by atoms with Gasteiger partial charge >= 0.3 is 11.6 Å². The van der Waals surface area contributed by atoms with E-state index < -0.39 is 23.5 Å². The van der Waals surface area contributed by atoms with Crippen LogP contribution in [-0.4, -0.2) is 23.0 Å². The first-order chi connectivity index (χ1) is 13.2. The Morgan fingerprint density at radius 2 is 1.71 bits per heavy atom. The third kappa shape index (κ3) is 3.52. The normalized spacial score (nSPS) is 12.4. The number of carbonyl (C=O) groups is 2. The van der Waals surface area contributed by atoms with E-state index in [9.17, 15) is 14.4 Å². The van der Waals surface area contributed by atoms with Gasteiger partial charge in [0.05, 0.1) is 0 Å². The maximum atomic E-state index is 12.4. The van der Waals surface area contributed by atoms with E-state index in [4.69, 9.17) is 13.9 Å². The first-order valence-corrected chi connectivity index (χ1v) is 9.21. The van der Waals surface area contributed by atoms with E-state index in [1.54, 1.807) is 13.0 Å². The number of hydrogen-bond donors (Lipinski definition) is 2. The molecule has 0 saturated heterocycles. The lowest BCUT2D eigenvalue weighted by Gasteiger charge is -2.12. The molecular formula is C21H23NO6. The fourth-order valence-corrected chi connectivity index (χ4v) is 3.36. The highest BCUT2D eigenvalue weighted by Gasteiger charge is 2.19. The van der Waals surface area contributed by atoms with Crippen LogP contribution in [0.5, 0.6) is 0 Å². The van der Waals surface area contributed by atoms with Gasteiger partial charge in [0.15, 0.2) is 0 Å². The van der Waals surface area contributed by atoms with E-state index in [0.717, 1.165) is 27.7 Å². The second kappa shape index (κ2) is 7.50. The molecule has 7 heteroatoms. The highest BCUT2D eigenvalue weighted by atomic mass is 16.4. The SMILES string of the molecule is CC[C@H](NC(=O)CCc1c(C)c2cc3c(C)c(C)oc3cc2oc1=O)C(=O)O. The first kappa shape index (κ1) is 19.7. The van der Waals surface area contributed by atoms with Crippen LogP contribution in [0.25, 0.3) is 21.9 Å². The molecule has 0 aliphatic carbocycles. The topological polar surface area (TPSA) is 110 Å². The summed E-state index contributed by atoms with van der Waals surface area (Å²) in [6.45, 7) is 7.36. The van der Waals surface area contributed by atoms with Crippen LogP contribution in [0, 0.1) is 20.8 Å². The summed E-state index contributed by atoms with van der Waals surface area (Å²) in [6, 6.07) is 2.73. The van der Waals surface area contributed by atoms with Crippen molar-refractivity contribution in [2.24, 2.45) is 0 Å². The van der Waals surface area contributed by atoms with Crippen molar-refractivity contribution in [1.29, 1.82) is 0 Å². The Labute approximate surface area is 161 Å². The van der Waals surface area contributed by atoms with Gasteiger partial charge in [-0.2, -0.15) is 0 Å². The summed E-state index contributed by atoms with van der Waals surface area (Å²) in [4.78, 5) is 35.6. The van der Waals surface area contributed by atoms with Crippen molar-refractivity contribution in [1.82, 2.24) is 5.32 Å². The van der Waals surface area contributed by atoms with Crippen molar-refractivity contribution in [3.63, 3.8) is 0 Å². The fourth-order valence-electron chi connectivity index (χ4n) is 3.36. The number of hydrogen-bond acceptors (Lipinski definition) is 5. The molecule has 2 aromatic heterocycles.